The highest BCUT2D eigenvalue weighted by Gasteiger charge is 2.49. The Morgan fingerprint density at radius 1 is 1.19 bits per heavy atom. The van der Waals surface area contributed by atoms with Crippen molar-refractivity contribution in [2.45, 2.75) is 31.7 Å². The van der Waals surface area contributed by atoms with Crippen molar-refractivity contribution in [3.8, 4) is 5.75 Å². The second-order valence-corrected chi connectivity index (χ2v) is 7.93. The second kappa shape index (κ2) is 8.70. The molecule has 0 aromatic heterocycles. The van der Waals surface area contributed by atoms with Gasteiger partial charge in [-0.05, 0) is 41.8 Å². The van der Waals surface area contributed by atoms with Crippen LogP contribution in [0.2, 0.25) is 0 Å². The molecule has 2 aliphatic rings. The molecule has 3 N–H and O–H groups in total. The number of urea groups is 1. The van der Waals surface area contributed by atoms with E-state index in [1.165, 1.54) is 4.90 Å². The number of hydrogen-bond acceptors (Lipinski definition) is 5. The summed E-state index contributed by atoms with van der Waals surface area (Å²) in [6.07, 6.45) is 2.18. The molecule has 1 atom stereocenters. The van der Waals surface area contributed by atoms with Gasteiger partial charge < -0.3 is 20.3 Å². The highest BCUT2D eigenvalue weighted by Crippen LogP contribution is 2.34. The predicted molar refractivity (Wildman–Crippen MR) is 118 cm³/mol. The number of carbonyl (C=O) groups excluding carboxylic acids is 4. The molecule has 4 rings (SSSR count). The molecule has 1 aliphatic heterocycles. The number of para-hydroxylation sites is 2. The zero-order chi connectivity index (χ0) is 22.7. The van der Waals surface area contributed by atoms with E-state index in [-0.39, 0.29) is 18.4 Å². The van der Waals surface area contributed by atoms with E-state index in [9.17, 15) is 19.2 Å². The summed E-state index contributed by atoms with van der Waals surface area (Å²) in [7, 11) is 0. The Morgan fingerprint density at radius 3 is 2.69 bits per heavy atom. The van der Waals surface area contributed by atoms with Gasteiger partial charge in [0.2, 0.25) is 12.3 Å². The Balaban J connectivity index is 1.44. The number of nitrogens with zero attached hydrogens (tertiary/aromatic N) is 1. The number of amides is 5. The Labute approximate surface area is 185 Å². The van der Waals surface area contributed by atoms with Gasteiger partial charge in [-0.1, -0.05) is 25.1 Å². The molecular formula is C23H24N4O5. The standard InChI is InChI=1S/C23H24N4O5/c1-2-9-32-19-6-4-3-5-18(19)27(14-28)13-20(29)24-17-8-7-15-11-23(12-16(15)10-17)21(30)25-22(31)26-23/h3-8,10,14H,2,9,11-13H2,1H3,(H,24,29)(H2,25,26,30,31). The van der Waals surface area contributed by atoms with Gasteiger partial charge in [0, 0.05) is 18.5 Å². The van der Waals surface area contributed by atoms with Crippen LogP contribution >= 0.6 is 0 Å². The summed E-state index contributed by atoms with van der Waals surface area (Å²) in [4.78, 5) is 49.4. The number of benzene rings is 2. The highest BCUT2D eigenvalue weighted by atomic mass is 16.5. The lowest BCUT2D eigenvalue weighted by Crippen LogP contribution is -2.47. The third kappa shape index (κ3) is 4.14. The van der Waals surface area contributed by atoms with Crippen molar-refractivity contribution in [2.75, 3.05) is 23.4 Å². The fraction of sp³-hybridized carbons (Fsp3) is 0.304. The minimum absolute atomic E-state index is 0.185. The largest absolute Gasteiger partial charge is 0.491 e. The predicted octanol–water partition coefficient (Wildman–Crippen LogP) is 1.75. The number of anilines is 2. The van der Waals surface area contributed by atoms with Crippen molar-refractivity contribution in [1.82, 2.24) is 10.6 Å². The Morgan fingerprint density at radius 2 is 1.97 bits per heavy atom. The SMILES string of the molecule is CCCOc1ccccc1N(C=O)CC(=O)Nc1ccc2c(c1)CC1(C2)NC(=O)NC1=O. The van der Waals surface area contributed by atoms with Crippen LogP contribution in [-0.4, -0.2) is 42.9 Å². The molecule has 9 heteroatoms. The molecule has 1 unspecified atom stereocenters. The van der Waals surface area contributed by atoms with E-state index in [0.717, 1.165) is 17.5 Å². The molecule has 1 saturated heterocycles. The number of fused-ring (bicyclic) bond motifs is 1. The van der Waals surface area contributed by atoms with Crippen molar-refractivity contribution in [3.63, 3.8) is 0 Å². The van der Waals surface area contributed by atoms with Crippen molar-refractivity contribution < 1.29 is 23.9 Å². The number of carbonyl (C=O) groups is 4. The zero-order valence-corrected chi connectivity index (χ0v) is 17.6. The van der Waals surface area contributed by atoms with Crippen LogP contribution in [0.25, 0.3) is 0 Å². The Kier molecular flexibility index (Phi) is 5.81. The lowest BCUT2D eigenvalue weighted by atomic mass is 9.96. The van der Waals surface area contributed by atoms with Gasteiger partial charge in [0.1, 0.15) is 17.8 Å². The van der Waals surface area contributed by atoms with E-state index in [4.69, 9.17) is 4.74 Å². The molecule has 32 heavy (non-hydrogen) atoms. The van der Waals surface area contributed by atoms with Crippen molar-refractivity contribution >= 4 is 35.6 Å². The van der Waals surface area contributed by atoms with Gasteiger partial charge in [-0.25, -0.2) is 4.79 Å². The highest BCUT2D eigenvalue weighted by molar-refractivity contribution is 6.08. The summed E-state index contributed by atoms with van der Waals surface area (Å²) < 4.78 is 5.69. The smallest absolute Gasteiger partial charge is 0.322 e. The Bertz CT molecular complexity index is 1090. The van der Waals surface area contributed by atoms with Gasteiger partial charge in [-0.3, -0.25) is 19.7 Å². The molecule has 0 bridgehead atoms. The molecule has 2 aromatic carbocycles. The number of ether oxygens (including phenoxy) is 1. The fourth-order valence-electron chi connectivity index (χ4n) is 4.09. The van der Waals surface area contributed by atoms with Crippen LogP contribution in [0.15, 0.2) is 42.5 Å². The van der Waals surface area contributed by atoms with E-state index < -0.39 is 11.6 Å². The number of rotatable bonds is 8. The second-order valence-electron chi connectivity index (χ2n) is 7.93. The summed E-state index contributed by atoms with van der Waals surface area (Å²) in [5.74, 6) is -0.175. The average Bonchev–Trinajstić information content (AvgIpc) is 3.27. The summed E-state index contributed by atoms with van der Waals surface area (Å²) in [5.41, 5.74) is 1.93. The fourth-order valence-corrected chi connectivity index (χ4v) is 4.09. The van der Waals surface area contributed by atoms with E-state index >= 15 is 0 Å². The van der Waals surface area contributed by atoms with E-state index in [2.05, 4.69) is 16.0 Å². The molecule has 9 nitrogen and oxygen atoms in total. The molecule has 0 saturated carbocycles. The summed E-state index contributed by atoms with van der Waals surface area (Å²) >= 11 is 0. The van der Waals surface area contributed by atoms with Gasteiger partial charge in [0.25, 0.3) is 5.91 Å². The Hall–Kier alpha value is -3.88. The molecule has 1 fully saturated rings. The molecule has 1 aliphatic carbocycles. The third-order valence-corrected chi connectivity index (χ3v) is 5.57. The van der Waals surface area contributed by atoms with Gasteiger partial charge in [-0.2, -0.15) is 0 Å². The molecule has 0 radical (unpaired) electrons. The van der Waals surface area contributed by atoms with Gasteiger partial charge in [-0.15, -0.1) is 0 Å². The lowest BCUT2D eigenvalue weighted by Gasteiger charge is -2.20. The van der Waals surface area contributed by atoms with E-state index in [0.29, 0.717) is 43.0 Å². The monoisotopic (exact) mass is 436 g/mol. The minimum Gasteiger partial charge on any atom is -0.491 e. The van der Waals surface area contributed by atoms with Crippen molar-refractivity contribution in [2.24, 2.45) is 0 Å². The molecule has 166 valence electrons. The van der Waals surface area contributed by atoms with Crippen LogP contribution in [0.5, 0.6) is 5.75 Å². The summed E-state index contributed by atoms with van der Waals surface area (Å²) in [5, 5.41) is 7.80. The maximum atomic E-state index is 12.7. The van der Waals surface area contributed by atoms with Gasteiger partial charge in [0.15, 0.2) is 0 Å². The zero-order valence-electron chi connectivity index (χ0n) is 17.6. The maximum Gasteiger partial charge on any atom is 0.322 e. The number of imide groups is 1. The molecular weight excluding hydrogens is 412 g/mol. The maximum absolute atomic E-state index is 12.7. The van der Waals surface area contributed by atoms with Gasteiger partial charge in [0.05, 0.1) is 12.3 Å². The average molecular weight is 436 g/mol. The summed E-state index contributed by atoms with van der Waals surface area (Å²) in [6, 6.07) is 11.9. The van der Waals surface area contributed by atoms with Crippen LogP contribution in [0, 0.1) is 0 Å². The molecule has 5 amide bonds. The first kappa shape index (κ1) is 21.4. The van der Waals surface area contributed by atoms with Crippen LogP contribution in [0.1, 0.15) is 24.5 Å². The quantitative estimate of drug-likeness (QED) is 0.431. The van der Waals surface area contributed by atoms with Crippen LogP contribution in [0.3, 0.4) is 0 Å². The number of nitrogens with one attached hydrogen (secondary N) is 3. The van der Waals surface area contributed by atoms with Gasteiger partial charge >= 0.3 is 6.03 Å². The van der Waals surface area contributed by atoms with E-state index in [1.807, 2.05) is 19.1 Å². The van der Waals surface area contributed by atoms with Crippen LogP contribution in [0.4, 0.5) is 16.2 Å². The third-order valence-electron chi connectivity index (χ3n) is 5.57. The first-order chi connectivity index (χ1) is 15.4. The topological polar surface area (TPSA) is 117 Å². The lowest BCUT2D eigenvalue weighted by molar-refractivity contribution is -0.123. The van der Waals surface area contributed by atoms with Crippen LogP contribution < -0.4 is 25.6 Å². The first-order valence-electron chi connectivity index (χ1n) is 10.4. The normalized spacial score (nSPS) is 18.7. The van der Waals surface area contributed by atoms with E-state index in [1.54, 1.807) is 30.3 Å². The summed E-state index contributed by atoms with van der Waals surface area (Å²) in [6.45, 7) is 2.31. The van der Waals surface area contributed by atoms with Crippen LogP contribution in [-0.2, 0) is 27.2 Å². The first-order valence-corrected chi connectivity index (χ1v) is 10.4. The van der Waals surface area contributed by atoms with Crippen molar-refractivity contribution in [1.29, 1.82) is 0 Å². The molecule has 2 aromatic rings. The van der Waals surface area contributed by atoms with Crippen molar-refractivity contribution in [3.05, 3.63) is 53.6 Å². The molecule has 1 heterocycles. The minimum atomic E-state index is -0.960. The number of hydrogen-bond donors (Lipinski definition) is 3. The molecule has 1 spiro atoms.